The molecular weight excluding hydrogens is 416 g/mol. The molecule has 1 fully saturated rings. The number of ether oxygens (including phenoxy) is 1. The first-order valence-electron chi connectivity index (χ1n) is 10.4. The van der Waals surface area contributed by atoms with E-state index in [2.05, 4.69) is 21.2 Å². The number of halogens is 1. The molecule has 1 heterocycles. The monoisotopic (exact) mass is 446 g/mol. The Balaban J connectivity index is 0.00000341. The number of hydrogen-bond donors (Lipinski definition) is 2. The second-order valence-electron chi connectivity index (χ2n) is 7.42. The molecule has 8 heteroatoms. The Labute approximate surface area is 189 Å². The molecule has 0 aromatic heterocycles. The van der Waals surface area contributed by atoms with Crippen molar-refractivity contribution in [3.05, 3.63) is 54.1 Å². The van der Waals surface area contributed by atoms with E-state index in [1.807, 2.05) is 18.2 Å². The van der Waals surface area contributed by atoms with Crippen molar-refractivity contribution in [2.24, 2.45) is 5.73 Å². The molecule has 3 N–H and O–H groups in total. The van der Waals surface area contributed by atoms with Gasteiger partial charge >= 0.3 is 0 Å². The van der Waals surface area contributed by atoms with Gasteiger partial charge in [-0.15, -0.1) is 12.4 Å². The van der Waals surface area contributed by atoms with E-state index >= 15 is 0 Å². The molecule has 3 rings (SSSR count). The Kier molecular flexibility index (Phi) is 9.62. The lowest BCUT2D eigenvalue weighted by atomic mass is 10.1. The van der Waals surface area contributed by atoms with Crippen molar-refractivity contribution in [1.82, 2.24) is 4.90 Å². The number of primary amides is 1. The van der Waals surface area contributed by atoms with Crippen LogP contribution in [-0.2, 0) is 4.79 Å². The van der Waals surface area contributed by atoms with Crippen LogP contribution in [0.1, 0.15) is 29.6 Å². The highest BCUT2D eigenvalue weighted by atomic mass is 35.5. The highest BCUT2D eigenvalue weighted by molar-refractivity contribution is 6.02. The van der Waals surface area contributed by atoms with Crippen molar-refractivity contribution in [3.8, 4) is 5.75 Å². The number of para-hydroxylation sites is 3. The van der Waals surface area contributed by atoms with E-state index in [4.69, 9.17) is 10.5 Å². The maximum atomic E-state index is 12.2. The van der Waals surface area contributed by atoms with E-state index < -0.39 is 5.91 Å². The highest BCUT2D eigenvalue weighted by Gasteiger charge is 2.19. The fourth-order valence-corrected chi connectivity index (χ4v) is 3.74. The summed E-state index contributed by atoms with van der Waals surface area (Å²) in [6, 6.07) is 14.9. The molecule has 0 saturated carbocycles. The van der Waals surface area contributed by atoms with Gasteiger partial charge in [-0.25, -0.2) is 0 Å². The number of nitrogens with two attached hydrogens (primary N) is 1. The van der Waals surface area contributed by atoms with Gasteiger partial charge in [0.1, 0.15) is 5.75 Å². The summed E-state index contributed by atoms with van der Waals surface area (Å²) in [7, 11) is 1.71. The van der Waals surface area contributed by atoms with Crippen LogP contribution in [0.3, 0.4) is 0 Å². The second-order valence-corrected chi connectivity index (χ2v) is 7.42. The Morgan fingerprint density at radius 3 is 2.39 bits per heavy atom. The average Bonchev–Trinajstić information content (AvgIpc) is 2.77. The summed E-state index contributed by atoms with van der Waals surface area (Å²) in [5.74, 6) is 0.276. The smallest absolute Gasteiger partial charge is 0.250 e. The molecular formula is C23H31ClN4O3. The number of rotatable bonds is 9. The number of hydrogen-bond acceptors (Lipinski definition) is 5. The minimum Gasteiger partial charge on any atom is -0.495 e. The van der Waals surface area contributed by atoms with Crippen LogP contribution < -0.4 is 20.7 Å². The van der Waals surface area contributed by atoms with Crippen molar-refractivity contribution < 1.29 is 14.3 Å². The van der Waals surface area contributed by atoms with Gasteiger partial charge in [-0.05, 0) is 43.7 Å². The zero-order valence-electron chi connectivity index (χ0n) is 17.9. The zero-order valence-corrected chi connectivity index (χ0v) is 18.7. The van der Waals surface area contributed by atoms with Gasteiger partial charge in [0, 0.05) is 32.6 Å². The van der Waals surface area contributed by atoms with Gasteiger partial charge < -0.3 is 20.7 Å². The number of benzene rings is 2. The molecule has 7 nitrogen and oxygen atoms in total. The highest BCUT2D eigenvalue weighted by Crippen LogP contribution is 2.28. The second kappa shape index (κ2) is 12.2. The Hall–Kier alpha value is -2.77. The predicted octanol–water partition coefficient (Wildman–Crippen LogP) is 3.15. The molecule has 0 bridgehead atoms. The number of methoxy groups -OCH3 is 1. The number of nitrogens with zero attached hydrogens (tertiary/aromatic N) is 2. The van der Waals surface area contributed by atoms with Gasteiger partial charge in [0.05, 0.1) is 24.0 Å². The lowest BCUT2D eigenvalue weighted by Crippen LogP contribution is -2.46. The number of amides is 2. The normalized spacial score (nSPS) is 13.9. The SMILES string of the molecule is COc1ccccc1N1CCN(CCCCC(=O)Nc2ccccc2C(N)=O)CC1.Cl. The number of piperazine rings is 1. The molecule has 2 amide bonds. The molecule has 0 spiro atoms. The standard InChI is InChI=1S/C23H30N4O3.ClH/c1-30-21-11-5-4-10-20(21)27-16-14-26(15-17-27)13-7-6-12-22(28)25-19-9-3-2-8-18(19)23(24)29;/h2-5,8-11H,6-7,12-17H2,1H3,(H2,24,29)(H,25,28);1H. The molecule has 1 aliphatic rings. The first kappa shape index (κ1) is 24.5. The Bertz CT molecular complexity index is 869. The minimum absolute atomic E-state index is 0. The van der Waals surface area contributed by atoms with Gasteiger partial charge in [0.2, 0.25) is 5.91 Å². The van der Waals surface area contributed by atoms with Gasteiger partial charge in [-0.3, -0.25) is 14.5 Å². The molecule has 1 saturated heterocycles. The molecule has 1 aliphatic heterocycles. The van der Waals surface area contributed by atoms with Crippen molar-refractivity contribution in [2.75, 3.05) is 50.1 Å². The van der Waals surface area contributed by atoms with Crippen LogP contribution in [0.5, 0.6) is 5.75 Å². The van der Waals surface area contributed by atoms with E-state index in [1.165, 1.54) is 0 Å². The third-order valence-electron chi connectivity index (χ3n) is 5.39. The van der Waals surface area contributed by atoms with Crippen LogP contribution in [0, 0.1) is 0 Å². The van der Waals surface area contributed by atoms with Gasteiger partial charge in [0.25, 0.3) is 5.91 Å². The number of nitrogens with one attached hydrogen (secondary N) is 1. The molecule has 2 aromatic carbocycles. The van der Waals surface area contributed by atoms with Crippen molar-refractivity contribution in [1.29, 1.82) is 0 Å². The molecule has 0 aliphatic carbocycles. The molecule has 0 radical (unpaired) electrons. The number of carbonyl (C=O) groups excluding carboxylic acids is 2. The summed E-state index contributed by atoms with van der Waals surface area (Å²) in [4.78, 5) is 28.4. The Morgan fingerprint density at radius 2 is 1.68 bits per heavy atom. The van der Waals surface area contributed by atoms with Crippen LogP contribution in [0.4, 0.5) is 11.4 Å². The van der Waals surface area contributed by atoms with E-state index in [0.717, 1.165) is 57.0 Å². The van der Waals surface area contributed by atoms with Crippen LogP contribution >= 0.6 is 12.4 Å². The predicted molar refractivity (Wildman–Crippen MR) is 126 cm³/mol. The lowest BCUT2D eigenvalue weighted by Gasteiger charge is -2.36. The van der Waals surface area contributed by atoms with Crippen LogP contribution in [0.25, 0.3) is 0 Å². The summed E-state index contributed by atoms with van der Waals surface area (Å²) in [5, 5.41) is 2.79. The lowest BCUT2D eigenvalue weighted by molar-refractivity contribution is -0.116. The molecule has 0 atom stereocenters. The quantitative estimate of drug-likeness (QED) is 0.578. The number of carbonyl (C=O) groups is 2. The molecule has 168 valence electrons. The maximum absolute atomic E-state index is 12.2. The summed E-state index contributed by atoms with van der Waals surface area (Å²) in [6.07, 6.45) is 2.19. The summed E-state index contributed by atoms with van der Waals surface area (Å²) >= 11 is 0. The van der Waals surface area contributed by atoms with Crippen molar-refractivity contribution >= 4 is 35.6 Å². The topological polar surface area (TPSA) is 87.9 Å². The molecule has 31 heavy (non-hydrogen) atoms. The van der Waals surface area contributed by atoms with Gasteiger partial charge in [-0.1, -0.05) is 24.3 Å². The van der Waals surface area contributed by atoms with Crippen molar-refractivity contribution in [3.63, 3.8) is 0 Å². The zero-order chi connectivity index (χ0) is 21.3. The Morgan fingerprint density at radius 1 is 1.00 bits per heavy atom. The summed E-state index contributed by atoms with van der Waals surface area (Å²) < 4.78 is 5.47. The number of unbranched alkanes of at least 4 members (excludes halogenated alkanes) is 1. The number of anilines is 2. The van der Waals surface area contributed by atoms with E-state index in [0.29, 0.717) is 17.7 Å². The fraction of sp³-hybridized carbons (Fsp3) is 0.391. The first-order chi connectivity index (χ1) is 14.6. The minimum atomic E-state index is -0.543. The van der Waals surface area contributed by atoms with E-state index in [-0.39, 0.29) is 18.3 Å². The average molecular weight is 447 g/mol. The third-order valence-corrected chi connectivity index (χ3v) is 5.39. The summed E-state index contributed by atoms with van der Waals surface area (Å²) in [5.41, 5.74) is 7.30. The third kappa shape index (κ3) is 6.87. The maximum Gasteiger partial charge on any atom is 0.250 e. The van der Waals surface area contributed by atoms with E-state index in [9.17, 15) is 9.59 Å². The van der Waals surface area contributed by atoms with Crippen LogP contribution in [0.2, 0.25) is 0 Å². The molecule has 2 aromatic rings. The van der Waals surface area contributed by atoms with Gasteiger partial charge in [0.15, 0.2) is 0 Å². The van der Waals surface area contributed by atoms with Crippen molar-refractivity contribution in [2.45, 2.75) is 19.3 Å². The molecule has 0 unspecified atom stereocenters. The summed E-state index contributed by atoms with van der Waals surface area (Å²) in [6.45, 7) is 4.90. The van der Waals surface area contributed by atoms with Gasteiger partial charge in [-0.2, -0.15) is 0 Å². The first-order valence-corrected chi connectivity index (χ1v) is 10.4. The van der Waals surface area contributed by atoms with Crippen LogP contribution in [-0.4, -0.2) is 56.5 Å². The fourth-order valence-electron chi connectivity index (χ4n) is 3.74. The van der Waals surface area contributed by atoms with E-state index in [1.54, 1.807) is 31.4 Å². The van der Waals surface area contributed by atoms with Crippen LogP contribution in [0.15, 0.2) is 48.5 Å². The largest absolute Gasteiger partial charge is 0.495 e.